The lowest BCUT2D eigenvalue weighted by atomic mass is 10.1. The molecule has 3 rings (SSSR count). The molecule has 0 atom stereocenters. The second-order valence-electron chi connectivity index (χ2n) is 4.77. The molecule has 0 bridgehead atoms. The van der Waals surface area contributed by atoms with Crippen LogP contribution in [0, 0.1) is 0 Å². The van der Waals surface area contributed by atoms with E-state index in [2.05, 4.69) is 9.97 Å². The highest BCUT2D eigenvalue weighted by Crippen LogP contribution is 2.23. The fourth-order valence-corrected chi connectivity index (χ4v) is 2.07. The summed E-state index contributed by atoms with van der Waals surface area (Å²) in [6.45, 7) is 0.416. The van der Waals surface area contributed by atoms with Gasteiger partial charge >= 0.3 is 0 Å². The van der Waals surface area contributed by atoms with Crippen molar-refractivity contribution in [2.75, 3.05) is 5.73 Å². The molecule has 2 aromatic carbocycles. The Bertz CT molecular complexity index is 773. The van der Waals surface area contributed by atoms with Crippen molar-refractivity contribution in [3.05, 3.63) is 66.5 Å². The molecule has 3 aromatic rings. The second kappa shape index (κ2) is 6.13. The SMILES string of the molecule is Nc1nccnc1-c1ccc(COc2cccc(O)c2)cc1. The van der Waals surface area contributed by atoms with Crippen molar-refractivity contribution in [3.8, 4) is 22.8 Å². The zero-order valence-electron chi connectivity index (χ0n) is 11.8. The number of anilines is 1. The predicted octanol–water partition coefficient (Wildman–Crippen LogP) is 3.01. The maximum atomic E-state index is 9.39. The van der Waals surface area contributed by atoms with Gasteiger partial charge in [0, 0.05) is 24.0 Å². The minimum absolute atomic E-state index is 0.186. The number of nitrogens with zero attached hydrogens (tertiary/aromatic N) is 2. The number of aromatic hydroxyl groups is 1. The lowest BCUT2D eigenvalue weighted by molar-refractivity contribution is 0.304. The largest absolute Gasteiger partial charge is 0.508 e. The van der Waals surface area contributed by atoms with E-state index in [9.17, 15) is 5.11 Å². The molecule has 0 saturated heterocycles. The van der Waals surface area contributed by atoms with Crippen LogP contribution >= 0.6 is 0 Å². The molecule has 1 heterocycles. The van der Waals surface area contributed by atoms with Crippen molar-refractivity contribution in [1.82, 2.24) is 9.97 Å². The van der Waals surface area contributed by atoms with Crippen LogP contribution in [0.5, 0.6) is 11.5 Å². The van der Waals surface area contributed by atoms with Gasteiger partial charge in [-0.3, -0.25) is 4.98 Å². The molecule has 5 nitrogen and oxygen atoms in total. The van der Waals surface area contributed by atoms with E-state index in [0.29, 0.717) is 23.9 Å². The summed E-state index contributed by atoms with van der Waals surface area (Å²) in [7, 11) is 0. The molecule has 1 aromatic heterocycles. The number of ether oxygens (including phenoxy) is 1. The average molecular weight is 293 g/mol. The van der Waals surface area contributed by atoms with Crippen LogP contribution in [0.25, 0.3) is 11.3 Å². The summed E-state index contributed by atoms with van der Waals surface area (Å²) in [6, 6.07) is 14.5. The molecule has 0 spiro atoms. The smallest absolute Gasteiger partial charge is 0.149 e. The minimum Gasteiger partial charge on any atom is -0.508 e. The molecule has 0 aliphatic heterocycles. The maximum absolute atomic E-state index is 9.39. The van der Waals surface area contributed by atoms with Gasteiger partial charge in [-0.1, -0.05) is 30.3 Å². The van der Waals surface area contributed by atoms with Crippen molar-refractivity contribution in [3.63, 3.8) is 0 Å². The average Bonchev–Trinajstić information content (AvgIpc) is 2.54. The number of rotatable bonds is 4. The molecule has 22 heavy (non-hydrogen) atoms. The van der Waals surface area contributed by atoms with E-state index < -0.39 is 0 Å². The van der Waals surface area contributed by atoms with E-state index in [1.165, 1.54) is 0 Å². The fraction of sp³-hybridized carbons (Fsp3) is 0.0588. The molecule has 0 aliphatic carbocycles. The molecule has 110 valence electrons. The Labute approximate surface area is 128 Å². The Morgan fingerprint density at radius 2 is 1.77 bits per heavy atom. The molecule has 0 unspecified atom stereocenters. The molecular weight excluding hydrogens is 278 g/mol. The van der Waals surface area contributed by atoms with Gasteiger partial charge in [-0.15, -0.1) is 0 Å². The molecule has 0 aliphatic rings. The zero-order chi connectivity index (χ0) is 15.4. The fourth-order valence-electron chi connectivity index (χ4n) is 2.07. The Morgan fingerprint density at radius 3 is 2.50 bits per heavy atom. The van der Waals surface area contributed by atoms with Crippen LogP contribution in [0.1, 0.15) is 5.56 Å². The Morgan fingerprint density at radius 1 is 1.00 bits per heavy atom. The van der Waals surface area contributed by atoms with Crippen molar-refractivity contribution in [1.29, 1.82) is 0 Å². The van der Waals surface area contributed by atoms with Crippen LogP contribution in [0.2, 0.25) is 0 Å². The number of hydrogen-bond donors (Lipinski definition) is 2. The van der Waals surface area contributed by atoms with E-state index in [4.69, 9.17) is 10.5 Å². The highest BCUT2D eigenvalue weighted by Gasteiger charge is 2.05. The maximum Gasteiger partial charge on any atom is 0.149 e. The topological polar surface area (TPSA) is 81.3 Å². The first-order chi connectivity index (χ1) is 10.7. The lowest BCUT2D eigenvalue weighted by Gasteiger charge is -2.08. The quantitative estimate of drug-likeness (QED) is 0.772. The van der Waals surface area contributed by atoms with E-state index in [0.717, 1.165) is 11.1 Å². The predicted molar refractivity (Wildman–Crippen MR) is 84.3 cm³/mol. The molecule has 5 heteroatoms. The van der Waals surface area contributed by atoms with Gasteiger partial charge in [0.25, 0.3) is 0 Å². The lowest BCUT2D eigenvalue weighted by Crippen LogP contribution is -1.97. The van der Waals surface area contributed by atoms with Crippen LogP contribution in [-0.4, -0.2) is 15.1 Å². The summed E-state index contributed by atoms with van der Waals surface area (Å²) in [6.07, 6.45) is 3.18. The summed E-state index contributed by atoms with van der Waals surface area (Å²) in [4.78, 5) is 8.26. The van der Waals surface area contributed by atoms with Gasteiger partial charge in [-0.05, 0) is 17.7 Å². The minimum atomic E-state index is 0.186. The number of nitrogen functional groups attached to an aromatic ring is 1. The van der Waals surface area contributed by atoms with Crippen LogP contribution < -0.4 is 10.5 Å². The molecule has 0 amide bonds. The van der Waals surface area contributed by atoms with Crippen LogP contribution in [0.4, 0.5) is 5.82 Å². The molecule has 0 saturated carbocycles. The molecule has 0 fully saturated rings. The van der Waals surface area contributed by atoms with Crippen LogP contribution in [0.15, 0.2) is 60.9 Å². The molecule has 0 radical (unpaired) electrons. The summed E-state index contributed by atoms with van der Waals surface area (Å²) in [5.74, 6) is 1.22. The number of hydrogen-bond acceptors (Lipinski definition) is 5. The first kappa shape index (κ1) is 13.9. The third-order valence-corrected chi connectivity index (χ3v) is 3.18. The van der Waals surface area contributed by atoms with E-state index in [1.54, 1.807) is 36.7 Å². The van der Waals surface area contributed by atoms with Crippen LogP contribution in [0.3, 0.4) is 0 Å². The number of benzene rings is 2. The number of phenols is 1. The van der Waals surface area contributed by atoms with Gasteiger partial charge in [0.1, 0.15) is 29.6 Å². The second-order valence-corrected chi connectivity index (χ2v) is 4.77. The monoisotopic (exact) mass is 293 g/mol. The highest BCUT2D eigenvalue weighted by atomic mass is 16.5. The molecule has 3 N–H and O–H groups in total. The Kier molecular flexibility index (Phi) is 3.87. The van der Waals surface area contributed by atoms with Gasteiger partial charge in [0.15, 0.2) is 0 Å². The van der Waals surface area contributed by atoms with Gasteiger partial charge in [-0.25, -0.2) is 4.98 Å². The van der Waals surface area contributed by atoms with Crippen molar-refractivity contribution in [2.45, 2.75) is 6.61 Å². The van der Waals surface area contributed by atoms with E-state index in [1.807, 2.05) is 24.3 Å². The van der Waals surface area contributed by atoms with Gasteiger partial charge in [0.05, 0.1) is 0 Å². The Hall–Kier alpha value is -3.08. The normalized spacial score (nSPS) is 10.4. The van der Waals surface area contributed by atoms with Crippen LogP contribution in [-0.2, 0) is 6.61 Å². The van der Waals surface area contributed by atoms with E-state index >= 15 is 0 Å². The number of aromatic nitrogens is 2. The third kappa shape index (κ3) is 3.15. The third-order valence-electron chi connectivity index (χ3n) is 3.18. The van der Waals surface area contributed by atoms with Crippen molar-refractivity contribution < 1.29 is 9.84 Å². The summed E-state index contributed by atoms with van der Waals surface area (Å²) >= 11 is 0. The number of nitrogens with two attached hydrogens (primary N) is 1. The Balaban J connectivity index is 1.71. The number of phenolic OH excluding ortho intramolecular Hbond substituents is 1. The standard InChI is InChI=1S/C17H15N3O2/c18-17-16(19-8-9-20-17)13-6-4-12(5-7-13)11-22-15-3-1-2-14(21)10-15/h1-10,21H,11H2,(H2,18,20). The van der Waals surface area contributed by atoms with E-state index in [-0.39, 0.29) is 5.75 Å². The summed E-state index contributed by atoms with van der Waals surface area (Å²) in [5, 5.41) is 9.39. The van der Waals surface area contributed by atoms with Gasteiger partial charge in [-0.2, -0.15) is 0 Å². The molecular formula is C17H15N3O2. The van der Waals surface area contributed by atoms with Gasteiger partial charge in [0.2, 0.25) is 0 Å². The first-order valence-corrected chi connectivity index (χ1v) is 6.80. The van der Waals surface area contributed by atoms with Crippen molar-refractivity contribution >= 4 is 5.82 Å². The summed E-state index contributed by atoms with van der Waals surface area (Å²) in [5.41, 5.74) is 8.40. The highest BCUT2D eigenvalue weighted by molar-refractivity contribution is 5.69. The zero-order valence-corrected chi connectivity index (χ0v) is 11.8. The van der Waals surface area contributed by atoms with Gasteiger partial charge < -0.3 is 15.6 Å². The van der Waals surface area contributed by atoms with Crippen molar-refractivity contribution in [2.24, 2.45) is 0 Å². The first-order valence-electron chi connectivity index (χ1n) is 6.80. The summed E-state index contributed by atoms with van der Waals surface area (Å²) < 4.78 is 5.63.